The van der Waals surface area contributed by atoms with E-state index in [1.54, 1.807) is 0 Å². The third-order valence-electron chi connectivity index (χ3n) is 0.867. The summed E-state index contributed by atoms with van der Waals surface area (Å²) in [5, 5.41) is 8.28. The van der Waals surface area contributed by atoms with Gasteiger partial charge >= 0.3 is 0 Å². The molecule has 0 fully saturated rings. The molecule has 0 spiro atoms. The zero-order valence-corrected chi connectivity index (χ0v) is 4.73. The molecule has 0 aromatic heterocycles. The molecule has 0 saturated heterocycles. The first-order chi connectivity index (χ1) is 3.18. The second-order valence-electron chi connectivity index (χ2n) is 1.59. The summed E-state index contributed by atoms with van der Waals surface area (Å²) in [6.07, 6.45) is 1.06. The average Bonchev–Trinajstić information content (AvgIpc) is 1.65. The second-order valence-corrected chi connectivity index (χ2v) is 1.59. The van der Waals surface area contributed by atoms with Crippen molar-refractivity contribution in [3.05, 3.63) is 24.0 Å². The van der Waals surface area contributed by atoms with Gasteiger partial charge in [0.2, 0.25) is 0 Å². The van der Waals surface area contributed by atoms with Gasteiger partial charge < -0.3 is 5.11 Å². The molecule has 0 atom stereocenters. The maximum absolute atomic E-state index is 8.28. The standard InChI is InChI=1S/C6H10O/c1-5(2)6(3)4-7/h4,7H,1H2,2-3H3. The van der Waals surface area contributed by atoms with Gasteiger partial charge in [-0.25, -0.2) is 0 Å². The fraction of sp³-hybridized carbons (Fsp3) is 0.333. The van der Waals surface area contributed by atoms with E-state index in [1.165, 1.54) is 0 Å². The number of rotatable bonds is 1. The summed E-state index contributed by atoms with van der Waals surface area (Å²) < 4.78 is 0. The molecule has 40 valence electrons. The first kappa shape index (κ1) is 6.28. The van der Waals surface area contributed by atoms with E-state index < -0.39 is 0 Å². The maximum atomic E-state index is 8.28. The van der Waals surface area contributed by atoms with E-state index in [0.29, 0.717) is 0 Å². The summed E-state index contributed by atoms with van der Waals surface area (Å²) in [6.45, 7) is 7.25. The fourth-order valence-corrected chi connectivity index (χ4v) is 0.110. The molecule has 1 nitrogen and oxygen atoms in total. The van der Waals surface area contributed by atoms with Gasteiger partial charge in [-0.15, -0.1) is 0 Å². The second kappa shape index (κ2) is 2.45. The predicted molar refractivity (Wildman–Crippen MR) is 31.2 cm³/mol. The number of hydrogen-bond acceptors (Lipinski definition) is 1. The van der Waals surface area contributed by atoms with Crippen molar-refractivity contribution in [2.24, 2.45) is 0 Å². The highest BCUT2D eigenvalue weighted by molar-refractivity contribution is 5.20. The summed E-state index contributed by atoms with van der Waals surface area (Å²) in [7, 11) is 0. The Morgan fingerprint density at radius 2 is 2.00 bits per heavy atom. The summed E-state index contributed by atoms with van der Waals surface area (Å²) >= 11 is 0. The van der Waals surface area contributed by atoms with Crippen LogP contribution in [0.2, 0.25) is 0 Å². The van der Waals surface area contributed by atoms with Crippen LogP contribution in [0.1, 0.15) is 13.8 Å². The van der Waals surface area contributed by atoms with E-state index in [2.05, 4.69) is 6.58 Å². The van der Waals surface area contributed by atoms with Crippen molar-refractivity contribution in [2.75, 3.05) is 0 Å². The minimum Gasteiger partial charge on any atom is -0.515 e. The van der Waals surface area contributed by atoms with Crippen LogP contribution >= 0.6 is 0 Å². The molecule has 0 amide bonds. The van der Waals surface area contributed by atoms with E-state index in [-0.39, 0.29) is 0 Å². The molecule has 0 aliphatic carbocycles. The molecule has 0 unspecified atom stereocenters. The molecule has 0 aromatic rings. The minimum absolute atomic E-state index is 0.833. The molecular weight excluding hydrogens is 88.1 g/mol. The Labute approximate surface area is 44.0 Å². The van der Waals surface area contributed by atoms with Crippen molar-refractivity contribution in [2.45, 2.75) is 13.8 Å². The Morgan fingerprint density at radius 3 is 2.00 bits per heavy atom. The van der Waals surface area contributed by atoms with E-state index >= 15 is 0 Å². The van der Waals surface area contributed by atoms with E-state index in [9.17, 15) is 0 Å². The molecule has 0 aliphatic rings. The van der Waals surface area contributed by atoms with Gasteiger partial charge in [0.1, 0.15) is 0 Å². The van der Waals surface area contributed by atoms with E-state index in [4.69, 9.17) is 5.11 Å². The highest BCUT2D eigenvalue weighted by atomic mass is 16.2. The Morgan fingerprint density at radius 1 is 1.57 bits per heavy atom. The fourth-order valence-electron chi connectivity index (χ4n) is 0.110. The van der Waals surface area contributed by atoms with Gasteiger partial charge in [0.05, 0.1) is 6.26 Å². The number of allylic oxidation sites excluding steroid dienone is 2. The van der Waals surface area contributed by atoms with Crippen molar-refractivity contribution >= 4 is 0 Å². The normalized spacial score (nSPS) is 11.4. The molecule has 0 saturated carbocycles. The highest BCUT2D eigenvalue weighted by Crippen LogP contribution is 2.01. The lowest BCUT2D eigenvalue weighted by Crippen LogP contribution is -1.73. The van der Waals surface area contributed by atoms with Crippen LogP contribution in [0.25, 0.3) is 0 Å². The number of hydrogen-bond donors (Lipinski definition) is 1. The first-order valence-electron chi connectivity index (χ1n) is 2.15. The lowest BCUT2D eigenvalue weighted by molar-refractivity contribution is 0.468. The average molecular weight is 98.1 g/mol. The summed E-state index contributed by atoms with van der Waals surface area (Å²) in [4.78, 5) is 0. The van der Waals surface area contributed by atoms with Crippen LogP contribution < -0.4 is 0 Å². The molecule has 1 heteroatoms. The van der Waals surface area contributed by atoms with Gasteiger partial charge in [-0.05, 0) is 19.4 Å². The largest absolute Gasteiger partial charge is 0.515 e. The van der Waals surface area contributed by atoms with Crippen LogP contribution in [-0.2, 0) is 0 Å². The Kier molecular flexibility index (Phi) is 2.20. The van der Waals surface area contributed by atoms with Gasteiger partial charge in [-0.3, -0.25) is 0 Å². The van der Waals surface area contributed by atoms with Crippen LogP contribution in [0.15, 0.2) is 24.0 Å². The SMILES string of the molecule is C=C(C)C(C)=CO. The summed E-state index contributed by atoms with van der Waals surface area (Å²) in [5.74, 6) is 0. The van der Waals surface area contributed by atoms with Crippen molar-refractivity contribution in [3.8, 4) is 0 Å². The molecule has 0 bridgehead atoms. The predicted octanol–water partition coefficient (Wildman–Crippen LogP) is 2.02. The quantitative estimate of drug-likeness (QED) is 0.393. The van der Waals surface area contributed by atoms with Gasteiger partial charge in [0.25, 0.3) is 0 Å². The van der Waals surface area contributed by atoms with Crippen molar-refractivity contribution in [3.63, 3.8) is 0 Å². The third-order valence-corrected chi connectivity index (χ3v) is 0.867. The number of aliphatic hydroxyl groups excluding tert-OH is 1. The molecular formula is C6H10O. The molecule has 1 N–H and O–H groups in total. The van der Waals surface area contributed by atoms with Gasteiger partial charge in [-0.1, -0.05) is 12.2 Å². The number of aliphatic hydroxyl groups is 1. The van der Waals surface area contributed by atoms with Gasteiger partial charge in [0, 0.05) is 0 Å². The lowest BCUT2D eigenvalue weighted by Gasteiger charge is -1.90. The third kappa shape index (κ3) is 2.04. The van der Waals surface area contributed by atoms with Crippen molar-refractivity contribution in [1.82, 2.24) is 0 Å². The smallest absolute Gasteiger partial charge is 0.0823 e. The van der Waals surface area contributed by atoms with Crippen LogP contribution in [0.4, 0.5) is 0 Å². The van der Waals surface area contributed by atoms with Gasteiger partial charge in [0.15, 0.2) is 0 Å². The van der Waals surface area contributed by atoms with Crippen molar-refractivity contribution in [1.29, 1.82) is 0 Å². The van der Waals surface area contributed by atoms with Crippen LogP contribution in [0, 0.1) is 0 Å². The molecule has 0 aliphatic heterocycles. The molecule has 7 heavy (non-hydrogen) atoms. The zero-order chi connectivity index (χ0) is 5.86. The summed E-state index contributed by atoms with van der Waals surface area (Å²) in [6, 6.07) is 0. The van der Waals surface area contributed by atoms with Crippen molar-refractivity contribution < 1.29 is 5.11 Å². The first-order valence-corrected chi connectivity index (χ1v) is 2.15. The molecule has 0 heterocycles. The Bertz CT molecular complexity index is 101. The van der Waals surface area contributed by atoms with Gasteiger partial charge in [-0.2, -0.15) is 0 Å². The Balaban J connectivity index is 3.82. The molecule has 0 radical (unpaired) electrons. The van der Waals surface area contributed by atoms with Crippen LogP contribution in [0.3, 0.4) is 0 Å². The topological polar surface area (TPSA) is 20.2 Å². The Hall–Kier alpha value is -0.720. The lowest BCUT2D eigenvalue weighted by atomic mass is 10.2. The molecule has 0 rings (SSSR count). The highest BCUT2D eigenvalue weighted by Gasteiger charge is 1.83. The van der Waals surface area contributed by atoms with Crippen LogP contribution in [-0.4, -0.2) is 5.11 Å². The van der Waals surface area contributed by atoms with Crippen LogP contribution in [0.5, 0.6) is 0 Å². The zero-order valence-electron chi connectivity index (χ0n) is 4.73. The van der Waals surface area contributed by atoms with E-state index in [1.807, 2.05) is 13.8 Å². The monoisotopic (exact) mass is 98.1 g/mol. The van der Waals surface area contributed by atoms with E-state index in [0.717, 1.165) is 17.4 Å². The maximum Gasteiger partial charge on any atom is 0.0823 e. The summed E-state index contributed by atoms with van der Waals surface area (Å²) in [5.41, 5.74) is 1.74. The molecule has 0 aromatic carbocycles. The minimum atomic E-state index is 0.833.